The van der Waals surface area contributed by atoms with E-state index in [1.54, 1.807) is 30.5 Å². The summed E-state index contributed by atoms with van der Waals surface area (Å²) in [4.78, 5) is 20.4. The third kappa shape index (κ3) is 4.33. The van der Waals surface area contributed by atoms with E-state index in [1.165, 1.54) is 4.31 Å². The molecule has 1 saturated heterocycles. The van der Waals surface area contributed by atoms with Crippen molar-refractivity contribution in [2.75, 3.05) is 38.5 Å². The molecule has 180 valence electrons. The molecule has 3 aromatic rings. The third-order valence-corrected chi connectivity index (χ3v) is 8.44. The first-order valence-electron chi connectivity index (χ1n) is 11.7. The maximum atomic E-state index is 13.3. The molecule has 1 aromatic carbocycles. The number of amides is 1. The molecule has 9 nitrogen and oxygen atoms in total. The van der Waals surface area contributed by atoms with Crippen LogP contribution in [0.25, 0.3) is 11.0 Å². The van der Waals surface area contributed by atoms with Gasteiger partial charge in [-0.25, -0.2) is 18.1 Å². The predicted molar refractivity (Wildman–Crippen MR) is 131 cm³/mol. The number of aromatic nitrogens is 3. The summed E-state index contributed by atoms with van der Waals surface area (Å²) in [5, 5.41) is 8.09. The number of anilines is 1. The molecule has 1 aliphatic carbocycles. The topological polar surface area (TPSA) is 100 Å². The fraction of sp³-hybridized carbons (Fsp3) is 0.458. The quantitative estimate of drug-likeness (QED) is 0.580. The van der Waals surface area contributed by atoms with Crippen LogP contribution in [0.1, 0.15) is 54.7 Å². The van der Waals surface area contributed by atoms with Gasteiger partial charge in [-0.2, -0.15) is 9.40 Å². The van der Waals surface area contributed by atoms with Gasteiger partial charge in [0, 0.05) is 49.5 Å². The van der Waals surface area contributed by atoms with Crippen molar-refractivity contribution in [3.8, 4) is 0 Å². The Labute approximate surface area is 199 Å². The van der Waals surface area contributed by atoms with Crippen molar-refractivity contribution in [2.45, 2.75) is 43.5 Å². The van der Waals surface area contributed by atoms with E-state index in [4.69, 9.17) is 4.98 Å². The Morgan fingerprint density at radius 3 is 2.38 bits per heavy atom. The molecule has 0 atom stereocenters. The Kier molecular flexibility index (Phi) is 5.91. The van der Waals surface area contributed by atoms with Gasteiger partial charge in [0.25, 0.3) is 5.91 Å². The number of likely N-dealkylation sites (N-methyl/N-ethyl adjacent to an activating group) is 1. The van der Waals surface area contributed by atoms with Crippen molar-refractivity contribution in [2.24, 2.45) is 0 Å². The minimum Gasteiger partial charge on any atom is -0.322 e. The van der Waals surface area contributed by atoms with Gasteiger partial charge in [0.2, 0.25) is 10.0 Å². The van der Waals surface area contributed by atoms with Gasteiger partial charge >= 0.3 is 0 Å². The Morgan fingerprint density at radius 2 is 1.76 bits per heavy atom. The Morgan fingerprint density at radius 1 is 1.09 bits per heavy atom. The molecular formula is C24H30N6O3S. The fourth-order valence-electron chi connectivity index (χ4n) is 4.28. The highest BCUT2D eigenvalue weighted by Crippen LogP contribution is 2.40. The molecule has 1 saturated carbocycles. The van der Waals surface area contributed by atoms with Crippen LogP contribution >= 0.6 is 0 Å². The molecule has 0 unspecified atom stereocenters. The van der Waals surface area contributed by atoms with Gasteiger partial charge in [0.05, 0.1) is 22.0 Å². The lowest BCUT2D eigenvalue weighted by atomic mass is 10.1. The summed E-state index contributed by atoms with van der Waals surface area (Å²) in [6.45, 7) is 6.45. The van der Waals surface area contributed by atoms with Crippen LogP contribution in [0.3, 0.4) is 0 Å². The zero-order chi connectivity index (χ0) is 24.0. The second-order valence-corrected chi connectivity index (χ2v) is 11.4. The summed E-state index contributed by atoms with van der Waals surface area (Å²) in [5.74, 6) is 0.137. The number of carbonyl (C=O) groups excluding carboxylic acids is 1. The van der Waals surface area contributed by atoms with Crippen LogP contribution in [0, 0.1) is 0 Å². The second kappa shape index (κ2) is 8.75. The van der Waals surface area contributed by atoms with Gasteiger partial charge in [0.15, 0.2) is 5.65 Å². The van der Waals surface area contributed by atoms with E-state index in [-0.39, 0.29) is 16.8 Å². The summed E-state index contributed by atoms with van der Waals surface area (Å²) in [6, 6.07) is 8.38. The maximum absolute atomic E-state index is 13.3. The zero-order valence-corrected chi connectivity index (χ0v) is 20.5. The molecule has 1 amide bonds. The van der Waals surface area contributed by atoms with Crippen LogP contribution < -0.4 is 5.32 Å². The first-order valence-corrected chi connectivity index (χ1v) is 13.2. The van der Waals surface area contributed by atoms with E-state index >= 15 is 0 Å². The zero-order valence-electron chi connectivity index (χ0n) is 19.7. The number of fused-ring (bicyclic) bond motifs is 1. The number of hydrogen-bond donors (Lipinski definition) is 1. The van der Waals surface area contributed by atoms with Crippen molar-refractivity contribution < 1.29 is 13.2 Å². The molecular weight excluding hydrogens is 452 g/mol. The minimum atomic E-state index is -3.55. The molecule has 2 aromatic heterocycles. The average molecular weight is 483 g/mol. The lowest BCUT2D eigenvalue weighted by Gasteiger charge is -2.31. The number of nitrogens with one attached hydrogen (secondary N) is 1. The van der Waals surface area contributed by atoms with Crippen molar-refractivity contribution in [3.05, 3.63) is 47.8 Å². The SMILES string of the molecule is CC(C)n1ncc2c(C(=O)Nc3ccc(S(=O)(=O)N4CCN(C)CC4)cc3)cc(C3CC3)nc21. The summed E-state index contributed by atoms with van der Waals surface area (Å²) in [6.07, 6.45) is 3.86. The minimum absolute atomic E-state index is 0.130. The maximum Gasteiger partial charge on any atom is 0.256 e. The monoisotopic (exact) mass is 482 g/mol. The van der Waals surface area contributed by atoms with Gasteiger partial charge in [-0.1, -0.05) is 0 Å². The summed E-state index contributed by atoms with van der Waals surface area (Å²) in [7, 11) is -1.57. The van der Waals surface area contributed by atoms with E-state index in [9.17, 15) is 13.2 Å². The number of rotatable bonds is 6. The smallest absolute Gasteiger partial charge is 0.256 e. The van der Waals surface area contributed by atoms with E-state index in [0.29, 0.717) is 48.7 Å². The van der Waals surface area contributed by atoms with Crippen LogP contribution in [0.5, 0.6) is 0 Å². The first kappa shape index (κ1) is 22.9. The first-order chi connectivity index (χ1) is 16.2. The van der Waals surface area contributed by atoms with Gasteiger partial charge in [-0.15, -0.1) is 0 Å². The Balaban J connectivity index is 1.39. The third-order valence-electron chi connectivity index (χ3n) is 6.53. The number of hydrogen-bond acceptors (Lipinski definition) is 6. The molecule has 1 N–H and O–H groups in total. The van der Waals surface area contributed by atoms with Crippen LogP contribution in [0.4, 0.5) is 5.69 Å². The lowest BCUT2D eigenvalue weighted by Crippen LogP contribution is -2.46. The molecule has 2 aliphatic rings. The highest BCUT2D eigenvalue weighted by molar-refractivity contribution is 7.89. The molecule has 2 fully saturated rings. The molecule has 10 heteroatoms. The lowest BCUT2D eigenvalue weighted by molar-refractivity contribution is 0.102. The van der Waals surface area contributed by atoms with Gasteiger partial charge in [-0.3, -0.25) is 4.79 Å². The number of nitrogens with zero attached hydrogens (tertiary/aromatic N) is 5. The van der Waals surface area contributed by atoms with Crippen LogP contribution in [0.2, 0.25) is 0 Å². The van der Waals surface area contributed by atoms with Crippen LogP contribution in [-0.2, 0) is 10.0 Å². The average Bonchev–Trinajstić information content (AvgIpc) is 3.57. The van der Waals surface area contributed by atoms with Crippen molar-refractivity contribution in [1.29, 1.82) is 0 Å². The van der Waals surface area contributed by atoms with E-state index in [2.05, 4.69) is 15.3 Å². The van der Waals surface area contributed by atoms with Gasteiger partial charge in [0.1, 0.15) is 0 Å². The van der Waals surface area contributed by atoms with Crippen LogP contribution in [0.15, 0.2) is 41.4 Å². The van der Waals surface area contributed by atoms with Crippen molar-refractivity contribution in [1.82, 2.24) is 24.0 Å². The Bertz CT molecular complexity index is 1320. The summed E-state index contributed by atoms with van der Waals surface area (Å²) in [5.41, 5.74) is 2.72. The van der Waals surface area contributed by atoms with E-state index in [1.807, 2.05) is 31.6 Å². The molecule has 34 heavy (non-hydrogen) atoms. The molecule has 3 heterocycles. The number of pyridine rings is 1. The van der Waals surface area contributed by atoms with Crippen molar-refractivity contribution in [3.63, 3.8) is 0 Å². The molecule has 5 rings (SSSR count). The van der Waals surface area contributed by atoms with Gasteiger partial charge in [-0.05, 0) is 64.1 Å². The molecule has 1 aliphatic heterocycles. The highest BCUT2D eigenvalue weighted by atomic mass is 32.2. The summed E-state index contributed by atoms with van der Waals surface area (Å²) >= 11 is 0. The number of piperazine rings is 1. The number of sulfonamides is 1. The number of benzene rings is 1. The Hall–Kier alpha value is -2.82. The molecule has 0 bridgehead atoms. The second-order valence-electron chi connectivity index (χ2n) is 9.47. The summed E-state index contributed by atoms with van der Waals surface area (Å²) < 4.78 is 29.3. The van der Waals surface area contributed by atoms with E-state index < -0.39 is 10.0 Å². The highest BCUT2D eigenvalue weighted by Gasteiger charge is 2.29. The fourth-order valence-corrected chi connectivity index (χ4v) is 5.70. The van der Waals surface area contributed by atoms with Gasteiger partial charge < -0.3 is 10.2 Å². The van der Waals surface area contributed by atoms with E-state index in [0.717, 1.165) is 24.2 Å². The number of carbonyl (C=O) groups is 1. The largest absolute Gasteiger partial charge is 0.322 e. The molecule has 0 radical (unpaired) electrons. The molecule has 0 spiro atoms. The normalized spacial score (nSPS) is 18.0. The van der Waals surface area contributed by atoms with Crippen molar-refractivity contribution >= 4 is 32.7 Å². The predicted octanol–water partition coefficient (Wildman–Crippen LogP) is 3.08. The standard InChI is InChI=1S/C24H30N6O3S/c1-16(2)30-23-21(15-25-30)20(14-22(27-23)17-4-5-17)24(31)26-18-6-8-19(9-7-18)34(32,33)29-12-10-28(3)11-13-29/h6-9,14-17H,4-5,10-13H2,1-3H3,(H,26,31). The van der Waals surface area contributed by atoms with Crippen LogP contribution in [-0.4, -0.2) is 71.5 Å².